The van der Waals surface area contributed by atoms with Gasteiger partial charge in [-0.1, -0.05) is 24.3 Å². The number of nitrogens with zero attached hydrogens (tertiary/aromatic N) is 2. The maximum absolute atomic E-state index is 5.57. The van der Waals surface area contributed by atoms with Gasteiger partial charge in [-0.2, -0.15) is 0 Å². The van der Waals surface area contributed by atoms with Gasteiger partial charge in [-0.3, -0.25) is 4.99 Å². The van der Waals surface area contributed by atoms with E-state index in [9.17, 15) is 0 Å². The highest BCUT2D eigenvalue weighted by molar-refractivity contribution is 5.79. The second kappa shape index (κ2) is 9.31. The first-order chi connectivity index (χ1) is 13.2. The molecule has 0 atom stereocenters. The SMILES string of the molecule is CN=C(NCCc1ccc(N(C)C)cc1)NCCc1ccc2c(c1)CCO2. The molecule has 5 nitrogen and oxygen atoms in total. The molecule has 0 aliphatic carbocycles. The molecule has 1 aliphatic heterocycles. The van der Waals surface area contributed by atoms with E-state index < -0.39 is 0 Å². The lowest BCUT2D eigenvalue weighted by atomic mass is 10.1. The summed E-state index contributed by atoms with van der Waals surface area (Å²) in [6.07, 6.45) is 2.97. The Morgan fingerprint density at radius 2 is 1.67 bits per heavy atom. The molecule has 144 valence electrons. The Kier molecular flexibility index (Phi) is 6.58. The second-order valence-corrected chi connectivity index (χ2v) is 7.03. The van der Waals surface area contributed by atoms with Gasteiger partial charge < -0.3 is 20.3 Å². The Labute approximate surface area is 162 Å². The van der Waals surface area contributed by atoms with Crippen LogP contribution >= 0.6 is 0 Å². The zero-order chi connectivity index (χ0) is 19.1. The molecule has 1 aliphatic rings. The van der Waals surface area contributed by atoms with Crippen molar-refractivity contribution in [2.45, 2.75) is 19.3 Å². The number of rotatable bonds is 7. The van der Waals surface area contributed by atoms with Gasteiger partial charge in [0.15, 0.2) is 5.96 Å². The van der Waals surface area contributed by atoms with Gasteiger partial charge in [0.1, 0.15) is 5.75 Å². The van der Waals surface area contributed by atoms with Crippen LogP contribution in [0.25, 0.3) is 0 Å². The minimum Gasteiger partial charge on any atom is -0.493 e. The number of aliphatic imine (C=N–C) groups is 1. The summed E-state index contributed by atoms with van der Waals surface area (Å²) in [6, 6.07) is 15.2. The molecule has 5 heteroatoms. The molecule has 2 aromatic carbocycles. The fourth-order valence-corrected chi connectivity index (χ4v) is 3.23. The van der Waals surface area contributed by atoms with E-state index in [1.807, 2.05) is 7.05 Å². The zero-order valence-electron chi connectivity index (χ0n) is 16.6. The number of fused-ring (bicyclic) bond motifs is 1. The highest BCUT2D eigenvalue weighted by atomic mass is 16.5. The molecule has 0 aromatic heterocycles. The topological polar surface area (TPSA) is 48.9 Å². The van der Waals surface area contributed by atoms with Crippen LogP contribution in [-0.2, 0) is 19.3 Å². The number of ether oxygens (including phenoxy) is 1. The third-order valence-corrected chi connectivity index (χ3v) is 4.84. The van der Waals surface area contributed by atoms with Crippen molar-refractivity contribution in [1.82, 2.24) is 10.6 Å². The summed E-state index contributed by atoms with van der Waals surface area (Å²) in [6.45, 7) is 2.53. The molecule has 0 saturated carbocycles. The first-order valence-corrected chi connectivity index (χ1v) is 9.61. The quantitative estimate of drug-likeness (QED) is 0.584. The first-order valence-electron chi connectivity index (χ1n) is 9.61. The molecule has 2 N–H and O–H groups in total. The third-order valence-electron chi connectivity index (χ3n) is 4.84. The highest BCUT2D eigenvalue weighted by Gasteiger charge is 2.11. The standard InChI is InChI=1S/C22H30N4O/c1-23-22(24-13-10-17-4-7-20(8-5-17)26(2)3)25-14-11-18-6-9-21-19(16-18)12-15-27-21/h4-9,16H,10-15H2,1-3H3,(H2,23,24,25). The fourth-order valence-electron chi connectivity index (χ4n) is 3.23. The van der Waals surface area contributed by atoms with Crippen LogP contribution in [0.15, 0.2) is 47.5 Å². The van der Waals surface area contributed by atoms with Crippen LogP contribution in [0.5, 0.6) is 5.75 Å². The summed E-state index contributed by atoms with van der Waals surface area (Å²) in [5, 5.41) is 6.79. The number of guanidine groups is 1. The maximum atomic E-state index is 5.57. The Morgan fingerprint density at radius 1 is 1.00 bits per heavy atom. The molecule has 0 unspecified atom stereocenters. The summed E-state index contributed by atoms with van der Waals surface area (Å²) in [7, 11) is 5.93. The predicted molar refractivity (Wildman–Crippen MR) is 113 cm³/mol. The molecule has 0 spiro atoms. The number of benzene rings is 2. The van der Waals surface area contributed by atoms with Gasteiger partial charge >= 0.3 is 0 Å². The largest absolute Gasteiger partial charge is 0.493 e. The first kappa shape index (κ1) is 19.1. The number of hydrogen-bond acceptors (Lipinski definition) is 3. The lowest BCUT2D eigenvalue weighted by Crippen LogP contribution is -2.39. The summed E-state index contributed by atoms with van der Waals surface area (Å²) in [5.41, 5.74) is 5.21. The lowest BCUT2D eigenvalue weighted by molar-refractivity contribution is 0.357. The summed E-state index contributed by atoms with van der Waals surface area (Å²) < 4.78 is 5.57. The van der Waals surface area contributed by atoms with E-state index in [-0.39, 0.29) is 0 Å². The number of anilines is 1. The van der Waals surface area contributed by atoms with Gasteiger partial charge in [-0.15, -0.1) is 0 Å². The molecule has 3 rings (SSSR count). The molecule has 0 fully saturated rings. The monoisotopic (exact) mass is 366 g/mol. The predicted octanol–water partition coefficient (Wildman–Crippen LogP) is 2.64. The maximum Gasteiger partial charge on any atom is 0.190 e. The van der Waals surface area contributed by atoms with Crippen LogP contribution in [0.1, 0.15) is 16.7 Å². The van der Waals surface area contributed by atoms with E-state index in [1.54, 1.807) is 0 Å². The Hall–Kier alpha value is -2.69. The summed E-state index contributed by atoms with van der Waals surface area (Å²) >= 11 is 0. The van der Waals surface area contributed by atoms with Crippen LogP contribution in [-0.4, -0.2) is 46.8 Å². The van der Waals surface area contributed by atoms with Crippen molar-refractivity contribution in [3.8, 4) is 5.75 Å². The summed E-state index contributed by atoms with van der Waals surface area (Å²) in [4.78, 5) is 6.43. The van der Waals surface area contributed by atoms with Crippen molar-refractivity contribution in [2.24, 2.45) is 4.99 Å². The van der Waals surface area contributed by atoms with Crippen molar-refractivity contribution in [3.63, 3.8) is 0 Å². The van der Waals surface area contributed by atoms with Gasteiger partial charge in [0.25, 0.3) is 0 Å². The molecule has 0 radical (unpaired) electrons. The fraction of sp³-hybridized carbons (Fsp3) is 0.409. The van der Waals surface area contributed by atoms with E-state index in [0.717, 1.165) is 50.7 Å². The van der Waals surface area contributed by atoms with Crippen LogP contribution in [0, 0.1) is 0 Å². The normalized spacial score (nSPS) is 13.1. The summed E-state index contributed by atoms with van der Waals surface area (Å²) in [5.74, 6) is 1.90. The molecular weight excluding hydrogens is 336 g/mol. The minimum absolute atomic E-state index is 0.811. The zero-order valence-corrected chi connectivity index (χ0v) is 16.6. The molecular formula is C22H30N4O. The average molecular weight is 367 g/mol. The molecule has 2 aromatic rings. The van der Waals surface area contributed by atoms with Gasteiger partial charge in [0.2, 0.25) is 0 Å². The second-order valence-electron chi connectivity index (χ2n) is 7.03. The Balaban J connectivity index is 1.39. The van der Waals surface area contributed by atoms with E-state index in [4.69, 9.17) is 4.74 Å². The van der Waals surface area contributed by atoms with Crippen molar-refractivity contribution in [1.29, 1.82) is 0 Å². The van der Waals surface area contributed by atoms with Gasteiger partial charge in [-0.25, -0.2) is 0 Å². The third kappa shape index (κ3) is 5.39. The van der Waals surface area contributed by atoms with Gasteiger partial charge in [-0.05, 0) is 47.7 Å². The Bertz CT molecular complexity index is 768. The minimum atomic E-state index is 0.811. The molecule has 0 amide bonds. The molecule has 1 heterocycles. The van der Waals surface area contributed by atoms with Crippen LogP contribution in [0.3, 0.4) is 0 Å². The molecule has 0 bridgehead atoms. The van der Waals surface area contributed by atoms with Gasteiger partial charge in [0.05, 0.1) is 6.61 Å². The lowest BCUT2D eigenvalue weighted by Gasteiger charge is -2.14. The van der Waals surface area contributed by atoms with Crippen LogP contribution in [0.2, 0.25) is 0 Å². The van der Waals surface area contributed by atoms with Crippen molar-refractivity contribution in [3.05, 3.63) is 59.2 Å². The van der Waals surface area contributed by atoms with Crippen molar-refractivity contribution >= 4 is 11.6 Å². The van der Waals surface area contributed by atoms with E-state index in [0.29, 0.717) is 0 Å². The van der Waals surface area contributed by atoms with Crippen molar-refractivity contribution < 1.29 is 4.74 Å². The number of nitrogens with one attached hydrogen (secondary N) is 2. The van der Waals surface area contributed by atoms with E-state index in [1.165, 1.54) is 22.4 Å². The Morgan fingerprint density at radius 3 is 2.33 bits per heavy atom. The molecule has 0 saturated heterocycles. The van der Waals surface area contributed by atoms with Crippen LogP contribution < -0.4 is 20.3 Å². The smallest absolute Gasteiger partial charge is 0.190 e. The van der Waals surface area contributed by atoms with E-state index >= 15 is 0 Å². The van der Waals surface area contributed by atoms with Crippen LogP contribution in [0.4, 0.5) is 5.69 Å². The average Bonchev–Trinajstić information content (AvgIpc) is 3.15. The van der Waals surface area contributed by atoms with E-state index in [2.05, 4.69) is 77.1 Å². The number of hydrogen-bond donors (Lipinski definition) is 2. The van der Waals surface area contributed by atoms with Gasteiger partial charge in [0, 0.05) is 46.3 Å². The highest BCUT2D eigenvalue weighted by Crippen LogP contribution is 2.25. The van der Waals surface area contributed by atoms with Crippen molar-refractivity contribution in [2.75, 3.05) is 45.7 Å². The molecule has 27 heavy (non-hydrogen) atoms.